The number of hydrogen-bond donors (Lipinski definition) is 2. The molecule has 1 atom stereocenters. The van der Waals surface area contributed by atoms with Crippen molar-refractivity contribution in [1.82, 2.24) is 10.2 Å². The number of carbonyl (C=O) groups is 1. The van der Waals surface area contributed by atoms with E-state index in [1.807, 2.05) is 6.07 Å². The Morgan fingerprint density at radius 2 is 2.05 bits per heavy atom. The number of aromatic hydroxyl groups is 1. The molecule has 1 heterocycles. The molecule has 0 spiro atoms. The van der Waals surface area contributed by atoms with Crippen LogP contribution in [0.4, 0.5) is 0 Å². The molecule has 0 aromatic heterocycles. The van der Waals surface area contributed by atoms with Crippen LogP contribution in [0, 0.1) is 5.92 Å². The van der Waals surface area contributed by atoms with E-state index in [0.29, 0.717) is 11.8 Å². The van der Waals surface area contributed by atoms with E-state index in [0.717, 1.165) is 38.8 Å². The van der Waals surface area contributed by atoms with E-state index in [-0.39, 0.29) is 11.8 Å². The Morgan fingerprint density at radius 1 is 1.30 bits per heavy atom. The van der Waals surface area contributed by atoms with Gasteiger partial charge in [-0.2, -0.15) is 0 Å². The molecule has 0 saturated carbocycles. The van der Waals surface area contributed by atoms with Gasteiger partial charge in [0.1, 0.15) is 5.75 Å². The number of nitrogens with zero attached hydrogens (tertiary/aromatic N) is 1. The average molecular weight is 274 g/mol. The molecular weight excluding hydrogens is 252 g/mol. The Morgan fingerprint density at radius 3 is 2.75 bits per heavy atom. The highest BCUT2D eigenvalue weighted by Gasteiger charge is 2.32. The van der Waals surface area contributed by atoms with Crippen LogP contribution in [0.5, 0.6) is 5.75 Å². The van der Waals surface area contributed by atoms with Crippen LogP contribution in [-0.2, 0) is 11.2 Å². The normalized spacial score (nSPS) is 23.6. The number of piperidine rings is 1. The Labute approximate surface area is 119 Å². The summed E-state index contributed by atoms with van der Waals surface area (Å²) in [5.41, 5.74) is 2.64. The maximum Gasteiger partial charge on any atom is 0.222 e. The van der Waals surface area contributed by atoms with Crippen LogP contribution in [0.1, 0.15) is 36.4 Å². The fourth-order valence-corrected chi connectivity index (χ4v) is 3.64. The fraction of sp³-hybridized carbons (Fsp3) is 0.562. The predicted molar refractivity (Wildman–Crippen MR) is 77.5 cm³/mol. The summed E-state index contributed by atoms with van der Waals surface area (Å²) < 4.78 is 0. The third-order valence-electron chi connectivity index (χ3n) is 4.76. The molecule has 0 radical (unpaired) electrons. The van der Waals surface area contributed by atoms with Gasteiger partial charge in [-0.15, -0.1) is 0 Å². The molecule has 1 aliphatic carbocycles. The lowest BCUT2D eigenvalue weighted by Gasteiger charge is -2.35. The molecule has 1 aliphatic heterocycles. The summed E-state index contributed by atoms with van der Waals surface area (Å²) >= 11 is 0. The van der Waals surface area contributed by atoms with Gasteiger partial charge in [-0.05, 0) is 62.0 Å². The first-order chi connectivity index (χ1) is 9.69. The van der Waals surface area contributed by atoms with Gasteiger partial charge in [0.25, 0.3) is 0 Å². The van der Waals surface area contributed by atoms with Gasteiger partial charge in [0.05, 0.1) is 0 Å². The van der Waals surface area contributed by atoms with Gasteiger partial charge >= 0.3 is 0 Å². The Balaban J connectivity index is 1.67. The molecule has 1 unspecified atom stereocenters. The molecule has 1 aromatic rings. The van der Waals surface area contributed by atoms with Crippen LogP contribution in [0.25, 0.3) is 0 Å². The number of aryl methyl sites for hydroxylation is 1. The number of nitrogens with one attached hydrogen (secondary N) is 1. The second-order valence-corrected chi connectivity index (χ2v) is 5.86. The number of carbonyl (C=O) groups excluding carboxylic acids is 1. The number of benzene rings is 1. The van der Waals surface area contributed by atoms with Crippen molar-refractivity contribution < 1.29 is 9.90 Å². The number of rotatable bonds is 2. The van der Waals surface area contributed by atoms with Crippen molar-refractivity contribution in [2.45, 2.75) is 31.7 Å². The Kier molecular flexibility index (Phi) is 3.66. The summed E-state index contributed by atoms with van der Waals surface area (Å²) in [6.45, 7) is 1.98. The first kappa shape index (κ1) is 13.4. The zero-order chi connectivity index (χ0) is 14.1. The van der Waals surface area contributed by atoms with Crippen LogP contribution in [-0.4, -0.2) is 36.1 Å². The summed E-state index contributed by atoms with van der Waals surface area (Å²) in [6, 6.07) is 6.21. The van der Waals surface area contributed by atoms with Gasteiger partial charge < -0.3 is 10.4 Å². The molecule has 1 aromatic carbocycles. The molecule has 4 nitrogen and oxygen atoms in total. The molecule has 4 heteroatoms. The number of phenols is 1. The molecular formula is C16H22N2O2. The second kappa shape index (κ2) is 5.44. The third-order valence-corrected chi connectivity index (χ3v) is 4.76. The average Bonchev–Trinajstić information content (AvgIpc) is 2.89. The summed E-state index contributed by atoms with van der Waals surface area (Å²) in [5.74, 6) is 0.723. The van der Waals surface area contributed by atoms with Gasteiger partial charge in [-0.3, -0.25) is 9.69 Å². The summed E-state index contributed by atoms with van der Waals surface area (Å²) in [4.78, 5) is 14.2. The van der Waals surface area contributed by atoms with E-state index in [4.69, 9.17) is 0 Å². The number of fused-ring (bicyclic) bond motifs is 1. The molecule has 1 fully saturated rings. The molecule has 0 bridgehead atoms. The van der Waals surface area contributed by atoms with Crippen LogP contribution in [0.3, 0.4) is 0 Å². The lowest BCUT2D eigenvalue weighted by Crippen LogP contribution is -2.40. The Hall–Kier alpha value is -1.55. The molecule has 1 saturated heterocycles. The lowest BCUT2D eigenvalue weighted by atomic mass is 9.94. The topological polar surface area (TPSA) is 52.6 Å². The van der Waals surface area contributed by atoms with Gasteiger partial charge in [0, 0.05) is 19.0 Å². The van der Waals surface area contributed by atoms with Crippen molar-refractivity contribution in [2.75, 3.05) is 20.1 Å². The van der Waals surface area contributed by atoms with Crippen molar-refractivity contribution in [1.29, 1.82) is 0 Å². The minimum atomic E-state index is 0.178. The fourth-order valence-electron chi connectivity index (χ4n) is 3.64. The maximum absolute atomic E-state index is 11.7. The predicted octanol–water partition coefficient (Wildman–Crippen LogP) is 1.84. The molecule has 1 amide bonds. The van der Waals surface area contributed by atoms with E-state index in [1.54, 1.807) is 13.1 Å². The Bertz CT molecular complexity index is 507. The smallest absolute Gasteiger partial charge is 0.222 e. The third kappa shape index (κ3) is 2.40. The molecule has 20 heavy (non-hydrogen) atoms. The second-order valence-electron chi connectivity index (χ2n) is 5.86. The number of amides is 1. The monoisotopic (exact) mass is 274 g/mol. The van der Waals surface area contributed by atoms with E-state index >= 15 is 0 Å². The standard InChI is InChI=1S/C16H22N2O2/c1-17-16(20)11-6-8-18(9-7-11)15-5-2-12-10-13(19)3-4-14(12)15/h3-4,10-11,15,19H,2,5-9H2,1H3,(H,17,20). The lowest BCUT2D eigenvalue weighted by molar-refractivity contribution is -0.126. The number of likely N-dealkylation sites (tertiary alicyclic amines) is 1. The first-order valence-corrected chi connectivity index (χ1v) is 7.46. The zero-order valence-electron chi connectivity index (χ0n) is 11.9. The van der Waals surface area contributed by atoms with Crippen LogP contribution in [0.2, 0.25) is 0 Å². The van der Waals surface area contributed by atoms with Crippen LogP contribution < -0.4 is 5.32 Å². The van der Waals surface area contributed by atoms with Crippen molar-refractivity contribution in [3.63, 3.8) is 0 Å². The maximum atomic E-state index is 11.7. The van der Waals surface area contributed by atoms with E-state index in [9.17, 15) is 9.90 Å². The van der Waals surface area contributed by atoms with Crippen molar-refractivity contribution >= 4 is 5.91 Å². The minimum Gasteiger partial charge on any atom is -0.508 e. The van der Waals surface area contributed by atoms with Crippen molar-refractivity contribution in [3.8, 4) is 5.75 Å². The molecule has 108 valence electrons. The quantitative estimate of drug-likeness (QED) is 0.865. The molecule has 2 aliphatic rings. The number of phenolic OH excluding ortho intramolecular Hbond substituents is 1. The minimum absolute atomic E-state index is 0.178. The first-order valence-electron chi connectivity index (χ1n) is 7.46. The van der Waals surface area contributed by atoms with Gasteiger partial charge in [-0.1, -0.05) is 6.07 Å². The summed E-state index contributed by atoms with van der Waals surface area (Å²) in [6.07, 6.45) is 4.07. The SMILES string of the molecule is CNC(=O)C1CCN(C2CCc3cc(O)ccc32)CC1. The van der Waals surface area contributed by atoms with E-state index < -0.39 is 0 Å². The van der Waals surface area contributed by atoms with Gasteiger partial charge in [0.2, 0.25) is 5.91 Å². The highest BCUT2D eigenvalue weighted by Crippen LogP contribution is 2.38. The van der Waals surface area contributed by atoms with E-state index in [1.165, 1.54) is 11.1 Å². The van der Waals surface area contributed by atoms with Crippen LogP contribution in [0.15, 0.2) is 18.2 Å². The van der Waals surface area contributed by atoms with Crippen molar-refractivity contribution in [2.24, 2.45) is 5.92 Å². The summed E-state index contributed by atoms with van der Waals surface area (Å²) in [7, 11) is 1.72. The molecule has 2 N–H and O–H groups in total. The number of hydrogen-bond acceptors (Lipinski definition) is 3. The highest BCUT2D eigenvalue weighted by atomic mass is 16.3. The van der Waals surface area contributed by atoms with Crippen molar-refractivity contribution in [3.05, 3.63) is 29.3 Å². The highest BCUT2D eigenvalue weighted by molar-refractivity contribution is 5.78. The largest absolute Gasteiger partial charge is 0.508 e. The molecule has 3 rings (SSSR count). The van der Waals surface area contributed by atoms with Gasteiger partial charge in [0.15, 0.2) is 0 Å². The van der Waals surface area contributed by atoms with Gasteiger partial charge in [-0.25, -0.2) is 0 Å². The zero-order valence-corrected chi connectivity index (χ0v) is 11.9. The van der Waals surface area contributed by atoms with E-state index in [2.05, 4.69) is 16.3 Å². The summed E-state index contributed by atoms with van der Waals surface area (Å²) in [5, 5.41) is 12.3. The van der Waals surface area contributed by atoms with Crippen LogP contribution >= 0.6 is 0 Å².